The van der Waals surface area contributed by atoms with Crippen molar-refractivity contribution in [3.8, 4) is 11.5 Å². The molecule has 1 aliphatic carbocycles. The Labute approximate surface area is 167 Å². The number of aliphatic hydroxyl groups is 1. The zero-order valence-electron chi connectivity index (χ0n) is 16.1. The summed E-state index contributed by atoms with van der Waals surface area (Å²) in [6.07, 6.45) is 5.69. The maximum atomic E-state index is 12.5. The molecule has 1 saturated heterocycles. The highest BCUT2D eigenvalue weighted by Gasteiger charge is 2.36. The molecule has 1 saturated carbocycles. The van der Waals surface area contributed by atoms with Gasteiger partial charge in [-0.3, -0.25) is 4.79 Å². The number of benzene rings is 1. The molecule has 0 radical (unpaired) electrons. The van der Waals surface area contributed by atoms with Crippen LogP contribution in [0.4, 0.5) is 0 Å². The first-order valence-electron chi connectivity index (χ1n) is 9.49. The number of rotatable bonds is 6. The number of methoxy groups -OCH3 is 2. The minimum Gasteiger partial charge on any atom is -0.493 e. The molecule has 1 aromatic rings. The minimum atomic E-state index is -0.430. The van der Waals surface area contributed by atoms with Gasteiger partial charge in [-0.1, -0.05) is 25.3 Å². The van der Waals surface area contributed by atoms with Gasteiger partial charge < -0.3 is 25.2 Å². The van der Waals surface area contributed by atoms with Gasteiger partial charge in [0, 0.05) is 18.5 Å². The van der Waals surface area contributed by atoms with Crippen molar-refractivity contribution in [1.82, 2.24) is 10.6 Å². The van der Waals surface area contributed by atoms with Crippen LogP contribution in [0, 0.1) is 0 Å². The lowest BCUT2D eigenvalue weighted by Crippen LogP contribution is -2.47. The van der Waals surface area contributed by atoms with Crippen LogP contribution in [0.2, 0.25) is 0 Å². The summed E-state index contributed by atoms with van der Waals surface area (Å²) in [6.45, 7) is 1.09. The van der Waals surface area contributed by atoms with E-state index in [1.807, 2.05) is 12.1 Å². The van der Waals surface area contributed by atoms with Gasteiger partial charge in [0.2, 0.25) is 5.91 Å². The Morgan fingerprint density at radius 2 is 1.93 bits per heavy atom. The maximum absolute atomic E-state index is 12.5. The summed E-state index contributed by atoms with van der Waals surface area (Å²) in [4.78, 5) is 12.5. The van der Waals surface area contributed by atoms with E-state index in [1.54, 1.807) is 14.2 Å². The molecule has 2 fully saturated rings. The number of amides is 1. The SMILES string of the molecule is COc1ccc(C2(CNC(=O)C3CC(O)CN3)CCCCC2)cc1OC.Cl. The number of halogens is 1. The topological polar surface area (TPSA) is 79.8 Å². The van der Waals surface area contributed by atoms with Gasteiger partial charge in [0.1, 0.15) is 0 Å². The molecule has 2 unspecified atom stereocenters. The predicted molar refractivity (Wildman–Crippen MR) is 107 cm³/mol. The van der Waals surface area contributed by atoms with Gasteiger partial charge in [-0.15, -0.1) is 12.4 Å². The fourth-order valence-electron chi connectivity index (χ4n) is 4.26. The largest absolute Gasteiger partial charge is 0.493 e. The Hall–Kier alpha value is -1.50. The highest BCUT2D eigenvalue weighted by molar-refractivity contribution is 5.85. The number of β-amino-alcohol motifs (C(OH)–C–C–N with tert-alkyl or cyclic N) is 1. The van der Waals surface area contributed by atoms with E-state index >= 15 is 0 Å². The summed E-state index contributed by atoms with van der Waals surface area (Å²) < 4.78 is 10.8. The summed E-state index contributed by atoms with van der Waals surface area (Å²) in [5.74, 6) is 1.42. The Balaban J connectivity index is 0.00000261. The van der Waals surface area contributed by atoms with Crippen molar-refractivity contribution < 1.29 is 19.4 Å². The van der Waals surface area contributed by atoms with E-state index in [0.29, 0.717) is 19.5 Å². The highest BCUT2D eigenvalue weighted by Crippen LogP contribution is 2.42. The molecule has 27 heavy (non-hydrogen) atoms. The Bertz CT molecular complexity index is 634. The third kappa shape index (κ3) is 4.86. The molecule has 3 N–H and O–H groups in total. The normalized spacial score (nSPS) is 24.0. The maximum Gasteiger partial charge on any atom is 0.237 e. The van der Waals surface area contributed by atoms with Crippen LogP contribution in [0.5, 0.6) is 11.5 Å². The van der Waals surface area contributed by atoms with E-state index in [-0.39, 0.29) is 29.8 Å². The van der Waals surface area contributed by atoms with Crippen molar-refractivity contribution in [2.75, 3.05) is 27.3 Å². The van der Waals surface area contributed by atoms with Crippen LogP contribution in [0.25, 0.3) is 0 Å². The Morgan fingerprint density at radius 1 is 1.22 bits per heavy atom. The lowest BCUT2D eigenvalue weighted by Gasteiger charge is -2.38. The van der Waals surface area contributed by atoms with E-state index in [1.165, 1.54) is 12.0 Å². The summed E-state index contributed by atoms with van der Waals surface area (Å²) in [6, 6.07) is 5.79. The van der Waals surface area contributed by atoms with Crippen molar-refractivity contribution in [2.24, 2.45) is 0 Å². The predicted octanol–water partition coefficient (Wildman–Crippen LogP) is 2.17. The van der Waals surface area contributed by atoms with Crippen LogP contribution in [-0.4, -0.2) is 50.5 Å². The van der Waals surface area contributed by atoms with E-state index in [4.69, 9.17) is 9.47 Å². The molecule has 3 rings (SSSR count). The van der Waals surface area contributed by atoms with Crippen molar-refractivity contribution in [3.05, 3.63) is 23.8 Å². The second-order valence-electron chi connectivity index (χ2n) is 7.48. The van der Waals surface area contributed by atoms with Crippen LogP contribution in [0.3, 0.4) is 0 Å². The van der Waals surface area contributed by atoms with Gasteiger partial charge in [0.15, 0.2) is 11.5 Å². The molecule has 0 bridgehead atoms. The molecule has 7 heteroatoms. The average Bonchev–Trinajstić information content (AvgIpc) is 3.12. The molecule has 2 aliphatic rings. The Kier molecular flexibility index (Phi) is 7.77. The van der Waals surface area contributed by atoms with Crippen LogP contribution in [0.15, 0.2) is 18.2 Å². The van der Waals surface area contributed by atoms with E-state index < -0.39 is 6.10 Å². The number of hydrogen-bond donors (Lipinski definition) is 3. The van der Waals surface area contributed by atoms with Gasteiger partial charge in [-0.2, -0.15) is 0 Å². The summed E-state index contributed by atoms with van der Waals surface area (Å²) in [5.41, 5.74) is 1.11. The second-order valence-corrected chi connectivity index (χ2v) is 7.48. The quantitative estimate of drug-likeness (QED) is 0.684. The first-order valence-corrected chi connectivity index (χ1v) is 9.49. The van der Waals surface area contributed by atoms with Crippen LogP contribution < -0.4 is 20.1 Å². The first kappa shape index (κ1) is 21.8. The van der Waals surface area contributed by atoms with E-state index in [2.05, 4.69) is 16.7 Å². The third-order valence-electron chi connectivity index (χ3n) is 5.83. The molecule has 1 amide bonds. The molecule has 1 heterocycles. The number of hydrogen-bond acceptors (Lipinski definition) is 5. The number of ether oxygens (including phenoxy) is 2. The summed E-state index contributed by atoms with van der Waals surface area (Å²) in [5, 5.41) is 15.8. The van der Waals surface area contributed by atoms with Crippen molar-refractivity contribution in [2.45, 2.75) is 56.1 Å². The van der Waals surface area contributed by atoms with E-state index in [9.17, 15) is 9.90 Å². The zero-order valence-corrected chi connectivity index (χ0v) is 16.9. The van der Waals surface area contributed by atoms with Gasteiger partial charge in [0.05, 0.1) is 26.4 Å². The minimum absolute atomic E-state index is 0. The highest BCUT2D eigenvalue weighted by atomic mass is 35.5. The fraction of sp³-hybridized carbons (Fsp3) is 0.650. The zero-order chi connectivity index (χ0) is 18.6. The average molecular weight is 399 g/mol. The molecule has 152 valence electrons. The summed E-state index contributed by atoms with van der Waals surface area (Å²) in [7, 11) is 3.28. The van der Waals surface area contributed by atoms with Crippen molar-refractivity contribution >= 4 is 18.3 Å². The molecule has 1 aliphatic heterocycles. The van der Waals surface area contributed by atoms with Gasteiger partial charge in [0.25, 0.3) is 0 Å². The molecule has 6 nitrogen and oxygen atoms in total. The first-order chi connectivity index (χ1) is 12.6. The van der Waals surface area contributed by atoms with Gasteiger partial charge in [-0.05, 0) is 37.0 Å². The summed E-state index contributed by atoms with van der Waals surface area (Å²) >= 11 is 0. The van der Waals surface area contributed by atoms with Crippen molar-refractivity contribution in [1.29, 1.82) is 0 Å². The van der Waals surface area contributed by atoms with Gasteiger partial charge >= 0.3 is 0 Å². The monoisotopic (exact) mass is 398 g/mol. The standard InChI is InChI=1S/C20H30N2O4.ClH/c1-25-17-7-6-14(10-18(17)26-2)20(8-4-3-5-9-20)13-22-19(24)16-11-15(23)12-21-16;/h6-7,10,15-16,21,23H,3-5,8-9,11-13H2,1-2H3,(H,22,24);1H. The van der Waals surface area contributed by atoms with Crippen molar-refractivity contribution in [3.63, 3.8) is 0 Å². The third-order valence-corrected chi connectivity index (χ3v) is 5.83. The lowest BCUT2D eigenvalue weighted by molar-refractivity contribution is -0.123. The fourth-order valence-corrected chi connectivity index (χ4v) is 4.26. The number of carbonyl (C=O) groups excluding carboxylic acids is 1. The van der Waals surface area contributed by atoms with Crippen LogP contribution >= 0.6 is 12.4 Å². The molecular weight excluding hydrogens is 368 g/mol. The number of carbonyl (C=O) groups is 1. The molecule has 1 aromatic carbocycles. The molecule has 2 atom stereocenters. The van der Waals surface area contributed by atoms with Crippen LogP contribution in [-0.2, 0) is 10.2 Å². The van der Waals surface area contributed by atoms with Crippen LogP contribution in [0.1, 0.15) is 44.1 Å². The molecule has 0 spiro atoms. The van der Waals surface area contributed by atoms with E-state index in [0.717, 1.165) is 37.2 Å². The smallest absolute Gasteiger partial charge is 0.237 e. The number of nitrogens with one attached hydrogen (secondary N) is 2. The second kappa shape index (κ2) is 9.62. The number of aliphatic hydroxyl groups excluding tert-OH is 1. The molecular formula is C20H31ClN2O4. The molecule has 0 aromatic heterocycles. The lowest BCUT2D eigenvalue weighted by atomic mass is 9.69. The van der Waals surface area contributed by atoms with Gasteiger partial charge in [-0.25, -0.2) is 0 Å². The Morgan fingerprint density at radius 3 is 2.52 bits per heavy atom.